The monoisotopic (exact) mass is 182 g/mol. The molecule has 0 spiro atoms. The van der Waals surface area contributed by atoms with Crippen molar-refractivity contribution in [3.63, 3.8) is 0 Å². The molecule has 1 saturated carbocycles. The lowest BCUT2D eigenvalue weighted by atomic mass is 9.84. The fourth-order valence-corrected chi connectivity index (χ4v) is 2.80. The first-order chi connectivity index (χ1) is 6.23. The standard InChI is InChI=1S/C11H22N2/c1-13(2)9-11(10-5-6-10)7-3-4-8-12-11/h10,12H,3-9H2,1-2H3. The average molecular weight is 182 g/mol. The highest BCUT2D eigenvalue weighted by atomic mass is 15.1. The highest BCUT2D eigenvalue weighted by Gasteiger charge is 2.45. The zero-order chi connectivity index (χ0) is 9.31. The van der Waals surface area contributed by atoms with Gasteiger partial charge in [-0.05, 0) is 52.2 Å². The molecule has 1 aliphatic heterocycles. The summed E-state index contributed by atoms with van der Waals surface area (Å²) in [6, 6.07) is 0. The fraction of sp³-hybridized carbons (Fsp3) is 1.00. The highest BCUT2D eigenvalue weighted by Crippen LogP contribution is 2.43. The van der Waals surface area contributed by atoms with E-state index in [2.05, 4.69) is 24.3 Å². The first-order valence-corrected chi connectivity index (χ1v) is 5.63. The van der Waals surface area contributed by atoms with Crippen molar-refractivity contribution in [2.75, 3.05) is 27.2 Å². The third kappa shape index (κ3) is 2.05. The number of hydrogen-bond donors (Lipinski definition) is 1. The summed E-state index contributed by atoms with van der Waals surface area (Å²) in [6.07, 6.45) is 7.12. The largest absolute Gasteiger partial charge is 0.310 e. The minimum atomic E-state index is 0.488. The van der Waals surface area contributed by atoms with Crippen molar-refractivity contribution >= 4 is 0 Å². The van der Waals surface area contributed by atoms with Gasteiger partial charge in [-0.3, -0.25) is 0 Å². The molecule has 1 atom stereocenters. The van der Waals surface area contributed by atoms with Crippen LogP contribution in [0.25, 0.3) is 0 Å². The van der Waals surface area contributed by atoms with E-state index in [4.69, 9.17) is 0 Å². The van der Waals surface area contributed by atoms with Crippen molar-refractivity contribution < 1.29 is 0 Å². The highest BCUT2D eigenvalue weighted by molar-refractivity contribution is 5.03. The van der Waals surface area contributed by atoms with E-state index in [-0.39, 0.29) is 0 Å². The van der Waals surface area contributed by atoms with Crippen molar-refractivity contribution in [3.8, 4) is 0 Å². The van der Waals surface area contributed by atoms with Crippen LogP contribution < -0.4 is 5.32 Å². The Morgan fingerprint density at radius 2 is 2.08 bits per heavy atom. The van der Waals surface area contributed by atoms with Gasteiger partial charge in [0.1, 0.15) is 0 Å². The van der Waals surface area contributed by atoms with E-state index in [9.17, 15) is 0 Å². The molecule has 1 aliphatic carbocycles. The fourth-order valence-electron chi connectivity index (χ4n) is 2.80. The first kappa shape index (κ1) is 9.47. The van der Waals surface area contributed by atoms with Gasteiger partial charge in [-0.15, -0.1) is 0 Å². The number of rotatable bonds is 3. The molecule has 2 aliphatic rings. The zero-order valence-electron chi connectivity index (χ0n) is 8.97. The molecule has 0 amide bonds. The zero-order valence-corrected chi connectivity index (χ0v) is 8.97. The number of hydrogen-bond acceptors (Lipinski definition) is 2. The van der Waals surface area contributed by atoms with Crippen LogP contribution in [0, 0.1) is 5.92 Å². The maximum absolute atomic E-state index is 3.78. The second kappa shape index (κ2) is 3.58. The quantitative estimate of drug-likeness (QED) is 0.711. The van der Waals surface area contributed by atoms with E-state index < -0.39 is 0 Å². The Bertz CT molecular complexity index is 167. The van der Waals surface area contributed by atoms with Gasteiger partial charge >= 0.3 is 0 Å². The van der Waals surface area contributed by atoms with Gasteiger partial charge in [-0.1, -0.05) is 6.42 Å². The van der Waals surface area contributed by atoms with Gasteiger partial charge in [0, 0.05) is 12.1 Å². The summed E-state index contributed by atoms with van der Waals surface area (Å²) in [7, 11) is 4.39. The molecule has 13 heavy (non-hydrogen) atoms. The van der Waals surface area contributed by atoms with Crippen LogP contribution in [0.4, 0.5) is 0 Å². The van der Waals surface area contributed by atoms with Gasteiger partial charge in [0.2, 0.25) is 0 Å². The maximum Gasteiger partial charge on any atom is 0.0336 e. The summed E-state index contributed by atoms with van der Waals surface area (Å²) >= 11 is 0. The molecule has 2 fully saturated rings. The third-order valence-corrected chi connectivity index (χ3v) is 3.48. The van der Waals surface area contributed by atoms with Gasteiger partial charge in [0.25, 0.3) is 0 Å². The number of nitrogens with zero attached hydrogens (tertiary/aromatic N) is 1. The topological polar surface area (TPSA) is 15.3 Å². The van der Waals surface area contributed by atoms with Crippen LogP contribution >= 0.6 is 0 Å². The van der Waals surface area contributed by atoms with Crippen molar-refractivity contribution in [1.82, 2.24) is 10.2 Å². The third-order valence-electron chi connectivity index (χ3n) is 3.48. The predicted octanol–water partition coefficient (Wildman–Crippen LogP) is 1.47. The molecule has 76 valence electrons. The molecule has 1 heterocycles. The summed E-state index contributed by atoms with van der Waals surface area (Å²) in [4.78, 5) is 2.34. The molecular formula is C11H22N2. The number of piperidine rings is 1. The summed E-state index contributed by atoms with van der Waals surface area (Å²) in [6.45, 7) is 2.47. The summed E-state index contributed by atoms with van der Waals surface area (Å²) in [5.74, 6) is 0.982. The lowest BCUT2D eigenvalue weighted by Crippen LogP contribution is -2.56. The van der Waals surface area contributed by atoms with Crippen LogP contribution in [-0.2, 0) is 0 Å². The molecule has 1 unspecified atom stereocenters. The van der Waals surface area contributed by atoms with Crippen LogP contribution in [0.2, 0.25) is 0 Å². The van der Waals surface area contributed by atoms with Crippen molar-refractivity contribution in [2.24, 2.45) is 5.92 Å². The molecule has 1 N–H and O–H groups in total. The summed E-state index contributed by atoms with van der Waals surface area (Å²) < 4.78 is 0. The Kier molecular flexibility index (Phi) is 2.61. The molecule has 2 heteroatoms. The van der Waals surface area contributed by atoms with Crippen LogP contribution in [0.15, 0.2) is 0 Å². The van der Waals surface area contributed by atoms with E-state index in [1.165, 1.54) is 45.2 Å². The van der Waals surface area contributed by atoms with Crippen LogP contribution in [-0.4, -0.2) is 37.6 Å². The Hall–Kier alpha value is -0.0800. The van der Waals surface area contributed by atoms with E-state index in [1.807, 2.05) is 0 Å². The van der Waals surface area contributed by atoms with Crippen molar-refractivity contribution in [3.05, 3.63) is 0 Å². The second-order valence-electron chi connectivity index (χ2n) is 5.05. The molecule has 0 aromatic rings. The van der Waals surface area contributed by atoms with Crippen LogP contribution in [0.5, 0.6) is 0 Å². The SMILES string of the molecule is CN(C)CC1(C2CC2)CCCCN1. The molecule has 0 bridgehead atoms. The van der Waals surface area contributed by atoms with Crippen LogP contribution in [0.1, 0.15) is 32.1 Å². The maximum atomic E-state index is 3.78. The number of nitrogens with one attached hydrogen (secondary N) is 1. The predicted molar refractivity (Wildman–Crippen MR) is 55.9 cm³/mol. The Morgan fingerprint density at radius 1 is 1.31 bits per heavy atom. The molecule has 0 radical (unpaired) electrons. The van der Waals surface area contributed by atoms with E-state index in [0.29, 0.717) is 5.54 Å². The van der Waals surface area contributed by atoms with Crippen molar-refractivity contribution in [2.45, 2.75) is 37.6 Å². The molecule has 1 saturated heterocycles. The minimum absolute atomic E-state index is 0.488. The van der Waals surface area contributed by atoms with Crippen LogP contribution in [0.3, 0.4) is 0 Å². The molecule has 2 rings (SSSR count). The van der Waals surface area contributed by atoms with Gasteiger partial charge in [0.15, 0.2) is 0 Å². The lowest BCUT2D eigenvalue weighted by Gasteiger charge is -2.41. The second-order valence-corrected chi connectivity index (χ2v) is 5.05. The summed E-state index contributed by atoms with van der Waals surface area (Å²) in [5, 5.41) is 3.78. The lowest BCUT2D eigenvalue weighted by molar-refractivity contribution is 0.164. The molecule has 0 aromatic heterocycles. The molecular weight excluding hydrogens is 160 g/mol. The van der Waals surface area contributed by atoms with Crippen molar-refractivity contribution in [1.29, 1.82) is 0 Å². The molecule has 2 nitrogen and oxygen atoms in total. The van der Waals surface area contributed by atoms with Gasteiger partial charge in [-0.25, -0.2) is 0 Å². The van der Waals surface area contributed by atoms with E-state index >= 15 is 0 Å². The Morgan fingerprint density at radius 3 is 2.54 bits per heavy atom. The Balaban J connectivity index is 2.00. The molecule has 0 aromatic carbocycles. The Labute approximate surface area is 81.7 Å². The minimum Gasteiger partial charge on any atom is -0.310 e. The van der Waals surface area contributed by atoms with Gasteiger partial charge in [0.05, 0.1) is 0 Å². The smallest absolute Gasteiger partial charge is 0.0336 e. The van der Waals surface area contributed by atoms with Gasteiger partial charge < -0.3 is 10.2 Å². The van der Waals surface area contributed by atoms with E-state index in [1.54, 1.807) is 0 Å². The first-order valence-electron chi connectivity index (χ1n) is 5.63. The van der Waals surface area contributed by atoms with E-state index in [0.717, 1.165) is 5.92 Å². The number of likely N-dealkylation sites (N-methyl/N-ethyl adjacent to an activating group) is 1. The average Bonchev–Trinajstić information content (AvgIpc) is 2.86. The van der Waals surface area contributed by atoms with Gasteiger partial charge in [-0.2, -0.15) is 0 Å². The normalized spacial score (nSPS) is 35.3. The summed E-state index contributed by atoms with van der Waals surface area (Å²) in [5.41, 5.74) is 0.488.